The van der Waals surface area contributed by atoms with Crippen LogP contribution in [0.1, 0.15) is 0 Å². The van der Waals surface area contributed by atoms with Crippen molar-refractivity contribution in [3.63, 3.8) is 0 Å². The molecule has 2 heterocycles. The van der Waals surface area contributed by atoms with Crippen molar-refractivity contribution in [2.45, 2.75) is 0 Å². The Morgan fingerprint density at radius 1 is 0.322 bits per heavy atom. The summed E-state index contributed by atoms with van der Waals surface area (Å²) in [6.45, 7) is 0. The summed E-state index contributed by atoms with van der Waals surface area (Å²) in [5.74, 6) is 0. The van der Waals surface area contributed by atoms with Crippen LogP contribution in [0.4, 0.5) is 17.1 Å². The molecule has 0 N–H and O–H groups in total. The number of anilines is 3. The van der Waals surface area contributed by atoms with Crippen LogP contribution in [0.5, 0.6) is 0 Å². The van der Waals surface area contributed by atoms with Crippen LogP contribution in [0.3, 0.4) is 0 Å². The second-order valence-corrected chi connectivity index (χ2v) is 16.4. The van der Waals surface area contributed by atoms with Gasteiger partial charge in [0.25, 0.3) is 0 Å². The Kier molecular flexibility index (Phi) is 7.75. The van der Waals surface area contributed by atoms with Crippen LogP contribution in [-0.2, 0) is 0 Å². The molecule has 0 aliphatic heterocycles. The van der Waals surface area contributed by atoms with E-state index in [9.17, 15) is 0 Å². The molecule has 0 saturated heterocycles. The van der Waals surface area contributed by atoms with Crippen LogP contribution in [0, 0.1) is 0 Å². The Labute approximate surface area is 346 Å². The molecule has 59 heavy (non-hydrogen) atoms. The van der Waals surface area contributed by atoms with Gasteiger partial charge in [-0.15, -0.1) is 11.3 Å². The number of thiophene rings is 1. The molecule has 0 atom stereocenters. The summed E-state index contributed by atoms with van der Waals surface area (Å²) in [6.07, 6.45) is 0. The molecule has 0 radical (unpaired) electrons. The number of para-hydroxylation sites is 1. The quantitative estimate of drug-likeness (QED) is 0.164. The maximum atomic E-state index is 2.44. The van der Waals surface area contributed by atoms with Gasteiger partial charge in [-0.05, 0) is 111 Å². The van der Waals surface area contributed by atoms with Gasteiger partial charge in [-0.2, -0.15) is 0 Å². The summed E-state index contributed by atoms with van der Waals surface area (Å²) >= 11 is 1.86. The van der Waals surface area contributed by atoms with Crippen LogP contribution < -0.4 is 4.90 Å². The van der Waals surface area contributed by atoms with Crippen molar-refractivity contribution in [1.29, 1.82) is 0 Å². The zero-order valence-corrected chi connectivity index (χ0v) is 32.9. The number of hydrogen-bond donors (Lipinski definition) is 0. The monoisotopic (exact) mass is 768 g/mol. The van der Waals surface area contributed by atoms with Gasteiger partial charge in [0.05, 0.1) is 11.0 Å². The zero-order chi connectivity index (χ0) is 38.9. The van der Waals surface area contributed by atoms with E-state index in [4.69, 9.17) is 0 Å². The van der Waals surface area contributed by atoms with E-state index in [0.717, 1.165) is 22.7 Å². The largest absolute Gasteiger partial charge is 0.310 e. The topological polar surface area (TPSA) is 8.17 Å². The fourth-order valence-electron chi connectivity index (χ4n) is 9.08. The highest BCUT2D eigenvalue weighted by atomic mass is 32.1. The highest BCUT2D eigenvalue weighted by molar-refractivity contribution is 7.25. The van der Waals surface area contributed by atoms with Gasteiger partial charge < -0.3 is 9.47 Å². The minimum Gasteiger partial charge on any atom is -0.310 e. The first-order valence-electron chi connectivity index (χ1n) is 20.2. The minimum absolute atomic E-state index is 1.11. The second-order valence-electron chi connectivity index (χ2n) is 15.4. The predicted molar refractivity (Wildman–Crippen MR) is 254 cm³/mol. The molecule has 2 nitrogen and oxygen atoms in total. The van der Waals surface area contributed by atoms with Crippen molar-refractivity contribution in [3.8, 4) is 27.9 Å². The summed E-state index contributed by atoms with van der Waals surface area (Å²) in [4.78, 5) is 2.39. The lowest BCUT2D eigenvalue weighted by Crippen LogP contribution is -2.09. The van der Waals surface area contributed by atoms with Gasteiger partial charge in [0.15, 0.2) is 0 Å². The maximum Gasteiger partial charge on any atom is 0.0619 e. The third-order valence-corrected chi connectivity index (χ3v) is 13.1. The first kappa shape index (κ1) is 33.7. The van der Waals surface area contributed by atoms with E-state index < -0.39 is 0 Å². The molecule has 12 aromatic rings. The molecule has 0 aliphatic rings. The van der Waals surface area contributed by atoms with Gasteiger partial charge in [0.1, 0.15) is 0 Å². The molecule has 0 aliphatic carbocycles. The third-order valence-electron chi connectivity index (χ3n) is 12.0. The van der Waals surface area contributed by atoms with Crippen LogP contribution in [0.25, 0.3) is 91.5 Å². The van der Waals surface area contributed by atoms with Crippen LogP contribution >= 0.6 is 11.3 Å². The molecule has 0 spiro atoms. The van der Waals surface area contributed by atoms with E-state index in [-0.39, 0.29) is 0 Å². The van der Waals surface area contributed by atoms with Crippen molar-refractivity contribution in [3.05, 3.63) is 218 Å². The fourth-order valence-corrected chi connectivity index (χ4v) is 10.2. The van der Waals surface area contributed by atoms with Crippen molar-refractivity contribution in [1.82, 2.24) is 4.57 Å². The number of nitrogens with zero attached hydrogens (tertiary/aromatic N) is 2. The Hall–Kier alpha value is -7.46. The molecular weight excluding hydrogens is 733 g/mol. The highest BCUT2D eigenvalue weighted by Gasteiger charge is 2.18. The average Bonchev–Trinajstić information content (AvgIpc) is 3.85. The predicted octanol–water partition coefficient (Wildman–Crippen LogP) is 16.3. The molecule has 276 valence electrons. The van der Waals surface area contributed by atoms with E-state index in [1.54, 1.807) is 0 Å². The molecule has 12 rings (SSSR count). The Balaban J connectivity index is 0.978. The standard InChI is InChI=1S/C56H36N2S/c1-2-13-44(14-3-1)58-53-35-43(25-31-49(53)51-32-24-40-11-6-7-15-48(40)56(51)58)39-22-28-46(29-23-39)57(47-30-33-55-52(36-47)50-16-8-9-17-54(50)59-55)45-26-20-38(21-27-45)42-19-18-37-10-4-5-12-41(37)34-42/h1-36H. The van der Waals surface area contributed by atoms with Crippen molar-refractivity contribution in [2.75, 3.05) is 4.90 Å². The molecule has 10 aromatic carbocycles. The van der Waals surface area contributed by atoms with E-state index in [0.29, 0.717) is 0 Å². The number of fused-ring (bicyclic) bond motifs is 9. The molecule has 0 unspecified atom stereocenters. The van der Waals surface area contributed by atoms with E-state index >= 15 is 0 Å². The Morgan fingerprint density at radius 2 is 0.881 bits per heavy atom. The molecule has 0 amide bonds. The third kappa shape index (κ3) is 5.62. The van der Waals surface area contributed by atoms with Crippen LogP contribution in [-0.4, -0.2) is 4.57 Å². The van der Waals surface area contributed by atoms with Gasteiger partial charge in [-0.25, -0.2) is 0 Å². The molecular formula is C56H36N2S. The number of hydrogen-bond acceptors (Lipinski definition) is 2. The summed E-state index contributed by atoms with van der Waals surface area (Å²) < 4.78 is 5.05. The van der Waals surface area contributed by atoms with E-state index in [2.05, 4.69) is 228 Å². The zero-order valence-electron chi connectivity index (χ0n) is 32.1. The molecule has 3 heteroatoms. The van der Waals surface area contributed by atoms with Gasteiger partial charge in [0.2, 0.25) is 0 Å². The molecule has 0 bridgehead atoms. The van der Waals surface area contributed by atoms with Gasteiger partial charge >= 0.3 is 0 Å². The van der Waals surface area contributed by atoms with Gasteiger partial charge in [-0.3, -0.25) is 0 Å². The lowest BCUT2D eigenvalue weighted by Gasteiger charge is -2.26. The molecule has 0 saturated carbocycles. The number of rotatable bonds is 6. The average molecular weight is 769 g/mol. The number of benzene rings is 10. The number of aromatic nitrogens is 1. The highest BCUT2D eigenvalue weighted by Crippen LogP contribution is 2.43. The van der Waals surface area contributed by atoms with Gasteiger partial charge in [0, 0.05) is 59.1 Å². The Bertz CT molecular complexity index is 3540. The lowest BCUT2D eigenvalue weighted by molar-refractivity contribution is 1.19. The summed E-state index contributed by atoms with van der Waals surface area (Å²) in [5.41, 5.74) is 11.7. The molecule has 0 fully saturated rings. The van der Waals surface area contributed by atoms with E-state index in [1.165, 1.54) is 85.8 Å². The fraction of sp³-hybridized carbons (Fsp3) is 0. The lowest BCUT2D eigenvalue weighted by atomic mass is 10.0. The summed E-state index contributed by atoms with van der Waals surface area (Å²) in [7, 11) is 0. The summed E-state index contributed by atoms with van der Waals surface area (Å²) in [5, 5.41) is 10.1. The van der Waals surface area contributed by atoms with Crippen LogP contribution in [0.15, 0.2) is 218 Å². The minimum atomic E-state index is 1.11. The second kappa shape index (κ2) is 13.6. The first-order chi connectivity index (χ1) is 29.2. The van der Waals surface area contributed by atoms with Crippen molar-refractivity contribution in [2.24, 2.45) is 0 Å². The van der Waals surface area contributed by atoms with Crippen molar-refractivity contribution >= 4 is 91.9 Å². The van der Waals surface area contributed by atoms with Crippen LogP contribution in [0.2, 0.25) is 0 Å². The maximum absolute atomic E-state index is 2.44. The normalized spacial score (nSPS) is 11.7. The first-order valence-corrected chi connectivity index (χ1v) is 21.0. The van der Waals surface area contributed by atoms with E-state index in [1.807, 2.05) is 11.3 Å². The van der Waals surface area contributed by atoms with Crippen molar-refractivity contribution < 1.29 is 0 Å². The Morgan fingerprint density at radius 3 is 1.66 bits per heavy atom. The van der Waals surface area contributed by atoms with Gasteiger partial charge in [-0.1, -0.05) is 146 Å². The molecule has 2 aromatic heterocycles. The SMILES string of the molecule is c1ccc(-n2c3cc(-c4ccc(N(c5ccc(-c6ccc7ccccc7c6)cc5)c5ccc6sc7ccccc7c6c5)cc4)ccc3c3ccc4ccccc4c32)cc1. The summed E-state index contributed by atoms with van der Waals surface area (Å²) in [6, 6.07) is 80.0. The smallest absolute Gasteiger partial charge is 0.0619 e.